The number of urea groups is 1. The molecular formula is C31H39N9O4. The van der Waals surface area contributed by atoms with Crippen molar-refractivity contribution in [1.29, 1.82) is 0 Å². The first-order valence-electron chi connectivity index (χ1n) is 15.2. The van der Waals surface area contributed by atoms with E-state index in [1.165, 1.54) is 0 Å². The molecule has 6 rings (SSSR count). The Balaban J connectivity index is 1.15. The summed E-state index contributed by atoms with van der Waals surface area (Å²) in [5, 5.41) is 11.5. The van der Waals surface area contributed by atoms with Gasteiger partial charge in [0.05, 0.1) is 44.6 Å². The second-order valence-corrected chi connectivity index (χ2v) is 11.3. The minimum Gasteiger partial charge on any atom is -0.377 e. The quantitative estimate of drug-likeness (QED) is 0.270. The normalized spacial score (nSPS) is 21.2. The van der Waals surface area contributed by atoms with Crippen LogP contribution in [0.5, 0.6) is 0 Å². The average molecular weight is 602 g/mol. The van der Waals surface area contributed by atoms with Gasteiger partial charge in [-0.05, 0) is 75.3 Å². The maximum absolute atomic E-state index is 12.7. The Labute approximate surface area is 256 Å². The summed E-state index contributed by atoms with van der Waals surface area (Å²) in [5.74, 6) is 1.75. The molecule has 3 aliphatic rings. The Kier molecular flexibility index (Phi) is 9.15. The van der Waals surface area contributed by atoms with Crippen molar-refractivity contribution in [2.75, 3.05) is 73.5 Å². The predicted molar refractivity (Wildman–Crippen MR) is 168 cm³/mol. The topological polar surface area (TPSA) is 146 Å². The van der Waals surface area contributed by atoms with Crippen LogP contribution in [0.4, 0.5) is 28.1 Å². The van der Waals surface area contributed by atoms with E-state index in [0.29, 0.717) is 80.7 Å². The van der Waals surface area contributed by atoms with Crippen LogP contribution in [0.25, 0.3) is 11.4 Å². The number of rotatable bonds is 9. The molecule has 2 bridgehead atoms. The van der Waals surface area contributed by atoms with Crippen LogP contribution in [0, 0.1) is 0 Å². The third kappa shape index (κ3) is 6.74. The molecule has 4 N–H and O–H groups in total. The number of carbonyl (C=O) groups excluding carboxylic acids is 2. The zero-order valence-corrected chi connectivity index (χ0v) is 25.1. The molecule has 0 saturated carbocycles. The van der Waals surface area contributed by atoms with Gasteiger partial charge in [-0.1, -0.05) is 0 Å². The van der Waals surface area contributed by atoms with Crippen LogP contribution in [-0.2, 0) is 9.47 Å². The Morgan fingerprint density at radius 2 is 1.50 bits per heavy atom. The lowest BCUT2D eigenvalue weighted by molar-refractivity contribution is 0.0895. The van der Waals surface area contributed by atoms with Gasteiger partial charge in [-0.15, -0.1) is 0 Å². The number of benzene rings is 2. The van der Waals surface area contributed by atoms with Gasteiger partial charge in [0.25, 0.3) is 5.91 Å². The summed E-state index contributed by atoms with van der Waals surface area (Å²) < 4.78 is 11.5. The first kappa shape index (κ1) is 29.7. The van der Waals surface area contributed by atoms with E-state index < -0.39 is 6.03 Å². The lowest BCUT2D eigenvalue weighted by Gasteiger charge is -2.36. The fraction of sp³-hybridized carbons (Fsp3) is 0.452. The molecule has 1 aromatic heterocycles. The van der Waals surface area contributed by atoms with Crippen molar-refractivity contribution >= 4 is 35.2 Å². The van der Waals surface area contributed by atoms with E-state index in [2.05, 4.69) is 38.0 Å². The number of morpholine rings is 2. The molecule has 3 aliphatic heterocycles. The Hall–Kier alpha value is -4.33. The molecule has 2 aromatic carbocycles. The average Bonchev–Trinajstić information content (AvgIpc) is 3.29. The van der Waals surface area contributed by atoms with Crippen molar-refractivity contribution in [2.45, 2.75) is 37.9 Å². The summed E-state index contributed by atoms with van der Waals surface area (Å²) in [7, 11) is 1.83. The van der Waals surface area contributed by atoms with Crippen LogP contribution < -0.4 is 31.1 Å². The number of carbonyl (C=O) groups is 2. The molecule has 13 nitrogen and oxygen atoms in total. The Bertz CT molecular complexity index is 1440. The lowest BCUT2D eigenvalue weighted by atomic mass is 10.2. The third-order valence-corrected chi connectivity index (χ3v) is 8.17. The summed E-state index contributed by atoms with van der Waals surface area (Å²) in [6.45, 7) is 6.66. The van der Waals surface area contributed by atoms with Gasteiger partial charge in [0.2, 0.25) is 11.9 Å². The van der Waals surface area contributed by atoms with E-state index in [4.69, 9.17) is 24.4 Å². The summed E-state index contributed by atoms with van der Waals surface area (Å²) in [6.07, 6.45) is 2.13. The molecule has 13 heteroatoms. The standard InChI is InChI=1S/C31H39N9O4/c1-20-17-43-16-15-39(20)29-36-27(37-30(38-29)40-25-11-12-26(40)19-44-18-25)21-3-7-23(8-4-21)34-31(42)35-24-9-5-22(6-10-24)28(41)33-14-13-32-2/h3-10,20,25-26,32H,11-19H2,1-2H3,(H,33,41)(H2,34,35,42)/t20-,25?,26?/m1/s1. The van der Waals surface area contributed by atoms with Crippen LogP contribution in [0.1, 0.15) is 30.1 Å². The Morgan fingerprint density at radius 1 is 0.841 bits per heavy atom. The van der Waals surface area contributed by atoms with Crippen molar-refractivity contribution in [3.05, 3.63) is 54.1 Å². The van der Waals surface area contributed by atoms with Gasteiger partial charge in [0.15, 0.2) is 5.82 Å². The molecule has 4 heterocycles. The number of fused-ring (bicyclic) bond motifs is 2. The zero-order valence-electron chi connectivity index (χ0n) is 25.1. The minimum absolute atomic E-state index is 0.148. The van der Waals surface area contributed by atoms with Crippen molar-refractivity contribution in [3.8, 4) is 11.4 Å². The van der Waals surface area contributed by atoms with Crippen LogP contribution in [0.15, 0.2) is 48.5 Å². The molecule has 3 amide bonds. The van der Waals surface area contributed by atoms with Gasteiger partial charge in [-0.3, -0.25) is 4.79 Å². The second-order valence-electron chi connectivity index (χ2n) is 11.3. The smallest absolute Gasteiger partial charge is 0.323 e. The highest BCUT2D eigenvalue weighted by molar-refractivity contribution is 6.00. The SMILES string of the molecule is CNCCNC(=O)c1ccc(NC(=O)Nc2ccc(-c3nc(N4C5CCC4COC5)nc(N4CCOC[C@H]4C)n3)cc2)cc1. The highest BCUT2D eigenvalue weighted by Crippen LogP contribution is 2.34. The number of anilines is 4. The van der Waals surface area contributed by atoms with Crippen LogP contribution in [-0.4, -0.2) is 98.1 Å². The molecule has 44 heavy (non-hydrogen) atoms. The monoisotopic (exact) mass is 601 g/mol. The van der Waals surface area contributed by atoms with Crippen molar-refractivity contribution in [2.24, 2.45) is 0 Å². The van der Waals surface area contributed by atoms with E-state index in [1.807, 2.05) is 31.3 Å². The number of amides is 3. The van der Waals surface area contributed by atoms with Crippen LogP contribution in [0.3, 0.4) is 0 Å². The van der Waals surface area contributed by atoms with Gasteiger partial charge in [0, 0.05) is 42.1 Å². The molecule has 3 saturated heterocycles. The number of aromatic nitrogens is 3. The molecule has 232 valence electrons. The van der Waals surface area contributed by atoms with E-state index in [1.54, 1.807) is 24.3 Å². The summed E-state index contributed by atoms with van der Waals surface area (Å²) in [6, 6.07) is 14.5. The van der Waals surface area contributed by atoms with E-state index in [9.17, 15) is 9.59 Å². The maximum Gasteiger partial charge on any atom is 0.323 e. The molecule has 3 atom stereocenters. The zero-order chi connectivity index (χ0) is 30.5. The molecule has 0 radical (unpaired) electrons. The van der Waals surface area contributed by atoms with Crippen LogP contribution >= 0.6 is 0 Å². The fourth-order valence-electron chi connectivity index (χ4n) is 5.81. The number of likely N-dealkylation sites (N-methyl/N-ethyl adjacent to an activating group) is 1. The summed E-state index contributed by atoms with van der Waals surface area (Å²) >= 11 is 0. The highest BCUT2D eigenvalue weighted by Gasteiger charge is 2.39. The molecule has 2 unspecified atom stereocenters. The number of ether oxygens (including phenoxy) is 2. The van der Waals surface area contributed by atoms with Gasteiger partial charge in [-0.25, -0.2) is 4.79 Å². The van der Waals surface area contributed by atoms with Crippen LogP contribution in [0.2, 0.25) is 0 Å². The minimum atomic E-state index is -0.391. The van der Waals surface area contributed by atoms with Gasteiger partial charge in [-0.2, -0.15) is 15.0 Å². The highest BCUT2D eigenvalue weighted by atomic mass is 16.5. The van der Waals surface area contributed by atoms with Crippen molar-refractivity contribution < 1.29 is 19.1 Å². The first-order chi connectivity index (χ1) is 21.5. The molecule has 0 aliphatic carbocycles. The van der Waals surface area contributed by atoms with E-state index >= 15 is 0 Å². The number of nitrogens with zero attached hydrogens (tertiary/aromatic N) is 5. The summed E-state index contributed by atoms with van der Waals surface area (Å²) in [5.41, 5.74) is 2.54. The largest absolute Gasteiger partial charge is 0.377 e. The maximum atomic E-state index is 12.7. The number of nitrogens with one attached hydrogen (secondary N) is 4. The molecular weight excluding hydrogens is 562 g/mol. The third-order valence-electron chi connectivity index (χ3n) is 8.17. The van der Waals surface area contributed by atoms with Gasteiger partial charge in [0.1, 0.15) is 0 Å². The molecule has 3 fully saturated rings. The predicted octanol–water partition coefficient (Wildman–Crippen LogP) is 2.72. The van der Waals surface area contributed by atoms with Crippen molar-refractivity contribution in [1.82, 2.24) is 25.6 Å². The second kappa shape index (κ2) is 13.5. The first-order valence-corrected chi connectivity index (χ1v) is 15.2. The Morgan fingerprint density at radius 3 is 2.16 bits per heavy atom. The van der Waals surface area contributed by atoms with Gasteiger partial charge >= 0.3 is 6.03 Å². The number of hydrogen-bond donors (Lipinski definition) is 4. The molecule has 3 aromatic rings. The van der Waals surface area contributed by atoms with E-state index in [-0.39, 0.29) is 24.0 Å². The lowest BCUT2D eigenvalue weighted by Crippen LogP contribution is -2.48. The van der Waals surface area contributed by atoms with E-state index in [0.717, 1.165) is 18.4 Å². The fourth-order valence-corrected chi connectivity index (χ4v) is 5.81. The molecule has 0 spiro atoms. The van der Waals surface area contributed by atoms with Crippen molar-refractivity contribution in [3.63, 3.8) is 0 Å². The number of hydrogen-bond acceptors (Lipinski definition) is 10. The van der Waals surface area contributed by atoms with Gasteiger partial charge < -0.3 is 40.5 Å². The summed E-state index contributed by atoms with van der Waals surface area (Å²) in [4.78, 5) is 44.2.